The Hall–Kier alpha value is -5.15. The first-order valence-corrected chi connectivity index (χ1v) is 16.4. The molecule has 238 valence electrons. The van der Waals surface area contributed by atoms with E-state index in [1.807, 2.05) is 30.4 Å². The normalized spacial score (nSPS) is 18.3. The lowest BCUT2D eigenvalue weighted by Gasteiger charge is -2.33. The Morgan fingerprint density at radius 2 is 1.40 bits per heavy atom. The molecule has 0 bridgehead atoms. The highest BCUT2D eigenvalue weighted by molar-refractivity contribution is 5.74. The third kappa shape index (κ3) is 7.64. The molecule has 1 N–H and O–H groups in total. The molecule has 1 aliphatic rings. The molecule has 1 heterocycles. The Kier molecular flexibility index (Phi) is 10.6. The molecule has 0 saturated carbocycles. The summed E-state index contributed by atoms with van der Waals surface area (Å²) in [5, 5.41) is 9.53. The maximum atomic E-state index is 11.6. The van der Waals surface area contributed by atoms with Gasteiger partial charge in [0.1, 0.15) is 0 Å². The zero-order valence-corrected chi connectivity index (χ0v) is 27.8. The predicted octanol–water partition coefficient (Wildman–Crippen LogP) is 10.1. The van der Waals surface area contributed by atoms with Crippen molar-refractivity contribution < 1.29 is 9.90 Å². The second-order valence-corrected chi connectivity index (χ2v) is 12.8. The van der Waals surface area contributed by atoms with Gasteiger partial charge in [0.05, 0.1) is 6.42 Å². The van der Waals surface area contributed by atoms with Crippen molar-refractivity contribution in [3.63, 3.8) is 0 Å². The zero-order valence-electron chi connectivity index (χ0n) is 27.8. The first-order valence-electron chi connectivity index (χ1n) is 16.4. The smallest absolute Gasteiger partial charge is 0.305 e. The van der Waals surface area contributed by atoms with Crippen LogP contribution < -0.4 is 4.90 Å². The van der Waals surface area contributed by atoms with E-state index in [0.29, 0.717) is 6.54 Å². The molecule has 0 aromatic heterocycles. The van der Waals surface area contributed by atoms with Crippen molar-refractivity contribution in [2.24, 2.45) is 0 Å². The number of allylic oxidation sites excluding steroid dienone is 9. The number of benzene rings is 4. The van der Waals surface area contributed by atoms with Crippen LogP contribution in [0.3, 0.4) is 0 Å². The Morgan fingerprint density at radius 1 is 0.809 bits per heavy atom. The van der Waals surface area contributed by atoms with E-state index in [2.05, 4.69) is 154 Å². The number of hydrogen-bond acceptors (Lipinski definition) is 2. The van der Waals surface area contributed by atoms with Gasteiger partial charge in [-0.2, -0.15) is 0 Å². The molecule has 0 amide bonds. The standard InChI is InChI=1S/C44H45NO2/c1-34-20-16-17-26-38(34)43(3,32-36-22-11-8-12-23-36)35(2)21-10-6-5-7-15-29-41-44(4,33-37-24-13-9-14-25-37)39-27-18-19-28-40(39)45(41)31-30-42(46)47/h5-29H,2,30-33H2,1,3-4H3,(H,46,47)/b6-5+,15-7+,21-10+,41-29+. The van der Waals surface area contributed by atoms with Crippen molar-refractivity contribution in [3.8, 4) is 0 Å². The minimum Gasteiger partial charge on any atom is -0.481 e. The van der Waals surface area contributed by atoms with E-state index in [-0.39, 0.29) is 17.3 Å². The molecule has 0 aliphatic carbocycles. The number of anilines is 1. The lowest BCUT2D eigenvalue weighted by Crippen LogP contribution is -2.31. The van der Waals surface area contributed by atoms with Crippen LogP contribution in [0.15, 0.2) is 170 Å². The van der Waals surface area contributed by atoms with E-state index in [0.717, 1.165) is 29.8 Å². The highest BCUT2D eigenvalue weighted by Gasteiger charge is 2.43. The number of fused-ring (bicyclic) bond motifs is 1. The molecule has 1 aliphatic heterocycles. The molecule has 2 unspecified atom stereocenters. The highest BCUT2D eigenvalue weighted by Crippen LogP contribution is 2.49. The Morgan fingerprint density at radius 3 is 2.11 bits per heavy atom. The van der Waals surface area contributed by atoms with Gasteiger partial charge in [-0.1, -0.05) is 153 Å². The van der Waals surface area contributed by atoms with Crippen LogP contribution in [0.25, 0.3) is 0 Å². The van der Waals surface area contributed by atoms with E-state index >= 15 is 0 Å². The van der Waals surface area contributed by atoms with Gasteiger partial charge in [0.2, 0.25) is 0 Å². The number of carbonyl (C=O) groups is 1. The summed E-state index contributed by atoms with van der Waals surface area (Å²) in [5.74, 6) is -0.798. The summed E-state index contributed by atoms with van der Waals surface area (Å²) in [6, 6.07) is 38.1. The van der Waals surface area contributed by atoms with Crippen LogP contribution >= 0.6 is 0 Å². The number of carboxylic acid groups (broad SMARTS) is 1. The third-order valence-electron chi connectivity index (χ3n) is 9.44. The maximum absolute atomic E-state index is 11.6. The van der Waals surface area contributed by atoms with Crippen molar-refractivity contribution in [2.75, 3.05) is 11.4 Å². The molecule has 47 heavy (non-hydrogen) atoms. The summed E-state index contributed by atoms with van der Waals surface area (Å²) in [7, 11) is 0. The summed E-state index contributed by atoms with van der Waals surface area (Å²) in [4.78, 5) is 13.8. The van der Waals surface area contributed by atoms with Crippen LogP contribution in [0.5, 0.6) is 0 Å². The van der Waals surface area contributed by atoms with Crippen molar-refractivity contribution in [3.05, 3.63) is 197 Å². The number of para-hydroxylation sites is 1. The average Bonchev–Trinajstić information content (AvgIpc) is 3.30. The summed E-state index contributed by atoms with van der Waals surface area (Å²) in [5.41, 5.74) is 8.98. The fourth-order valence-corrected chi connectivity index (χ4v) is 6.93. The highest BCUT2D eigenvalue weighted by atomic mass is 16.4. The molecular weight excluding hydrogens is 574 g/mol. The molecule has 5 rings (SSSR count). The SMILES string of the molecule is C=C(/C=C/C=C/C=C/C=C1/N(CCC(=O)O)c2ccccc2C1(C)Cc1ccccc1)C(C)(Cc1ccccc1)c1ccccc1C. The van der Waals surface area contributed by atoms with E-state index in [9.17, 15) is 9.90 Å². The Bertz CT molecular complexity index is 1810. The molecule has 3 heteroatoms. The number of nitrogens with zero attached hydrogens (tertiary/aromatic N) is 1. The van der Waals surface area contributed by atoms with Gasteiger partial charge in [0.15, 0.2) is 0 Å². The van der Waals surface area contributed by atoms with E-state index < -0.39 is 5.97 Å². The van der Waals surface area contributed by atoms with Crippen molar-refractivity contribution >= 4 is 11.7 Å². The number of carboxylic acids is 1. The minimum absolute atomic E-state index is 0.0666. The van der Waals surface area contributed by atoms with E-state index in [1.54, 1.807) is 0 Å². The molecule has 0 spiro atoms. The predicted molar refractivity (Wildman–Crippen MR) is 197 cm³/mol. The summed E-state index contributed by atoms with van der Waals surface area (Å²) >= 11 is 0. The fraction of sp³-hybridized carbons (Fsp3) is 0.205. The van der Waals surface area contributed by atoms with Crippen molar-refractivity contribution in [1.29, 1.82) is 0 Å². The first kappa shape index (κ1) is 33.2. The average molecular weight is 620 g/mol. The molecule has 2 atom stereocenters. The van der Waals surface area contributed by atoms with Gasteiger partial charge in [-0.15, -0.1) is 0 Å². The Balaban J connectivity index is 1.38. The quantitative estimate of drug-likeness (QED) is 0.151. The number of hydrogen-bond donors (Lipinski definition) is 1. The topological polar surface area (TPSA) is 40.5 Å². The first-order chi connectivity index (χ1) is 22.7. The lowest BCUT2D eigenvalue weighted by molar-refractivity contribution is -0.136. The Labute approximate surface area is 280 Å². The molecule has 0 radical (unpaired) electrons. The molecule has 0 fully saturated rings. The van der Waals surface area contributed by atoms with Gasteiger partial charge in [-0.3, -0.25) is 4.79 Å². The molecule has 0 saturated heterocycles. The molecule has 4 aromatic carbocycles. The van der Waals surface area contributed by atoms with E-state index in [1.165, 1.54) is 27.8 Å². The van der Waals surface area contributed by atoms with Gasteiger partial charge in [-0.05, 0) is 72.2 Å². The number of aryl methyl sites for hydroxylation is 1. The van der Waals surface area contributed by atoms with Crippen LogP contribution in [0.4, 0.5) is 5.69 Å². The van der Waals surface area contributed by atoms with Crippen LogP contribution in [0.2, 0.25) is 0 Å². The van der Waals surface area contributed by atoms with Gasteiger partial charge in [-0.25, -0.2) is 0 Å². The number of rotatable bonds is 13. The second-order valence-electron chi connectivity index (χ2n) is 12.8. The van der Waals surface area contributed by atoms with Crippen LogP contribution in [0, 0.1) is 6.92 Å². The van der Waals surface area contributed by atoms with Crippen LogP contribution in [-0.4, -0.2) is 17.6 Å². The van der Waals surface area contributed by atoms with Gasteiger partial charge < -0.3 is 10.0 Å². The molecule has 4 aromatic rings. The van der Waals surface area contributed by atoms with Crippen LogP contribution in [0.1, 0.15) is 48.1 Å². The monoisotopic (exact) mass is 619 g/mol. The van der Waals surface area contributed by atoms with Gasteiger partial charge in [0, 0.05) is 28.8 Å². The largest absolute Gasteiger partial charge is 0.481 e. The molecular formula is C44H45NO2. The lowest BCUT2D eigenvalue weighted by atomic mass is 9.70. The van der Waals surface area contributed by atoms with Crippen LogP contribution in [-0.2, 0) is 28.5 Å². The minimum atomic E-state index is -0.798. The van der Waals surface area contributed by atoms with Crippen molar-refractivity contribution in [1.82, 2.24) is 0 Å². The van der Waals surface area contributed by atoms with E-state index in [4.69, 9.17) is 0 Å². The second kappa shape index (κ2) is 15.0. The summed E-state index contributed by atoms with van der Waals surface area (Å²) in [6.07, 6.45) is 16.2. The van der Waals surface area contributed by atoms with Gasteiger partial charge in [0.25, 0.3) is 0 Å². The third-order valence-corrected chi connectivity index (χ3v) is 9.44. The fourth-order valence-electron chi connectivity index (χ4n) is 6.93. The summed E-state index contributed by atoms with van der Waals surface area (Å²) < 4.78 is 0. The van der Waals surface area contributed by atoms with Gasteiger partial charge >= 0.3 is 5.97 Å². The zero-order chi connectivity index (χ0) is 33.3. The number of aliphatic carboxylic acids is 1. The van der Waals surface area contributed by atoms with Crippen molar-refractivity contribution in [2.45, 2.75) is 50.9 Å². The molecule has 3 nitrogen and oxygen atoms in total. The summed E-state index contributed by atoms with van der Waals surface area (Å²) in [6.45, 7) is 11.7. The maximum Gasteiger partial charge on any atom is 0.305 e.